The van der Waals surface area contributed by atoms with Gasteiger partial charge in [0.2, 0.25) is 0 Å². The second-order valence-corrected chi connectivity index (χ2v) is 5.28. The molecule has 2 atom stereocenters. The van der Waals surface area contributed by atoms with E-state index in [1.54, 1.807) is 12.1 Å². The van der Waals surface area contributed by atoms with Crippen molar-refractivity contribution in [1.82, 2.24) is 4.98 Å². The first-order valence-corrected chi connectivity index (χ1v) is 6.55. The molecule has 2 rings (SSSR count). The molecule has 2 N–H and O–H groups in total. The molecule has 1 aliphatic rings. The second-order valence-electron chi connectivity index (χ2n) is 4.87. The van der Waals surface area contributed by atoms with E-state index >= 15 is 0 Å². The monoisotopic (exact) mass is 254 g/mol. The van der Waals surface area contributed by atoms with Crippen molar-refractivity contribution < 1.29 is 4.74 Å². The van der Waals surface area contributed by atoms with Crippen LogP contribution in [0.4, 0.5) is 5.82 Å². The lowest BCUT2D eigenvalue weighted by molar-refractivity contribution is 0.00330. The first-order chi connectivity index (χ1) is 8.15. The SMILES string of the molecule is CC1CCCC(OCc2nc(N)ccc2Cl)C1. The summed E-state index contributed by atoms with van der Waals surface area (Å²) in [5.41, 5.74) is 6.37. The zero-order valence-electron chi connectivity index (χ0n) is 10.2. The van der Waals surface area contributed by atoms with Gasteiger partial charge in [0.05, 0.1) is 23.4 Å². The van der Waals surface area contributed by atoms with Gasteiger partial charge in [0.15, 0.2) is 0 Å². The third-order valence-electron chi connectivity index (χ3n) is 3.28. The lowest BCUT2D eigenvalue weighted by Gasteiger charge is -2.26. The highest BCUT2D eigenvalue weighted by Gasteiger charge is 2.19. The normalized spacial score (nSPS) is 24.8. The molecule has 1 aromatic heterocycles. The van der Waals surface area contributed by atoms with E-state index in [0.717, 1.165) is 24.5 Å². The lowest BCUT2D eigenvalue weighted by Crippen LogP contribution is -2.21. The van der Waals surface area contributed by atoms with Gasteiger partial charge in [-0.2, -0.15) is 0 Å². The molecule has 17 heavy (non-hydrogen) atoms. The molecule has 0 amide bonds. The maximum atomic E-state index is 6.04. The molecule has 0 spiro atoms. The van der Waals surface area contributed by atoms with E-state index in [0.29, 0.717) is 23.6 Å². The van der Waals surface area contributed by atoms with E-state index in [9.17, 15) is 0 Å². The van der Waals surface area contributed by atoms with Crippen molar-refractivity contribution in [2.75, 3.05) is 5.73 Å². The summed E-state index contributed by atoms with van der Waals surface area (Å²) in [6.07, 6.45) is 5.20. The summed E-state index contributed by atoms with van der Waals surface area (Å²) in [6, 6.07) is 3.47. The minimum atomic E-state index is 0.345. The number of anilines is 1. The summed E-state index contributed by atoms with van der Waals surface area (Å²) in [7, 11) is 0. The van der Waals surface area contributed by atoms with Crippen molar-refractivity contribution in [2.45, 2.75) is 45.3 Å². The third kappa shape index (κ3) is 3.58. The number of halogens is 1. The minimum absolute atomic E-state index is 0.345. The third-order valence-corrected chi connectivity index (χ3v) is 3.63. The second kappa shape index (κ2) is 5.69. The van der Waals surface area contributed by atoms with Crippen LogP contribution in [0, 0.1) is 5.92 Å². The zero-order valence-corrected chi connectivity index (χ0v) is 10.9. The predicted octanol–water partition coefficient (Wildman–Crippen LogP) is 3.41. The first-order valence-electron chi connectivity index (χ1n) is 6.17. The van der Waals surface area contributed by atoms with Crippen LogP contribution >= 0.6 is 11.6 Å². The Balaban J connectivity index is 1.90. The number of hydrogen-bond acceptors (Lipinski definition) is 3. The maximum absolute atomic E-state index is 6.04. The average Bonchev–Trinajstić information content (AvgIpc) is 2.30. The van der Waals surface area contributed by atoms with Gasteiger partial charge in [-0.1, -0.05) is 31.4 Å². The van der Waals surface area contributed by atoms with Crippen LogP contribution in [-0.4, -0.2) is 11.1 Å². The fourth-order valence-electron chi connectivity index (χ4n) is 2.33. The summed E-state index contributed by atoms with van der Waals surface area (Å²) in [5.74, 6) is 1.25. The van der Waals surface area contributed by atoms with Gasteiger partial charge in [-0.25, -0.2) is 4.98 Å². The highest BCUT2D eigenvalue weighted by molar-refractivity contribution is 6.31. The molecule has 1 saturated carbocycles. The summed E-state index contributed by atoms with van der Waals surface area (Å²) in [5, 5.41) is 0.628. The Kier molecular flexibility index (Phi) is 4.24. The topological polar surface area (TPSA) is 48.1 Å². The Labute approximate surface area is 107 Å². The Morgan fingerprint density at radius 3 is 3.06 bits per heavy atom. The van der Waals surface area contributed by atoms with Gasteiger partial charge in [-0.15, -0.1) is 0 Å². The van der Waals surface area contributed by atoms with E-state index < -0.39 is 0 Å². The zero-order chi connectivity index (χ0) is 12.3. The Bertz CT molecular complexity index is 384. The van der Waals surface area contributed by atoms with Crippen molar-refractivity contribution in [2.24, 2.45) is 5.92 Å². The van der Waals surface area contributed by atoms with E-state index in [1.807, 2.05) is 0 Å². The van der Waals surface area contributed by atoms with Crippen LogP contribution < -0.4 is 5.73 Å². The van der Waals surface area contributed by atoms with Crippen LogP contribution in [0.2, 0.25) is 5.02 Å². The first kappa shape index (κ1) is 12.7. The number of rotatable bonds is 3. The van der Waals surface area contributed by atoms with Crippen LogP contribution in [0.1, 0.15) is 38.3 Å². The van der Waals surface area contributed by atoms with Crippen LogP contribution in [-0.2, 0) is 11.3 Å². The van der Waals surface area contributed by atoms with E-state index in [1.165, 1.54) is 12.8 Å². The van der Waals surface area contributed by atoms with E-state index in [-0.39, 0.29) is 0 Å². The minimum Gasteiger partial charge on any atom is -0.384 e. The molecule has 1 fully saturated rings. The molecule has 4 heteroatoms. The number of nitrogen functional groups attached to an aromatic ring is 1. The van der Waals surface area contributed by atoms with Crippen molar-refractivity contribution in [3.8, 4) is 0 Å². The van der Waals surface area contributed by atoms with Crippen molar-refractivity contribution in [3.05, 3.63) is 22.8 Å². The summed E-state index contributed by atoms with van der Waals surface area (Å²) in [4.78, 5) is 4.20. The van der Waals surface area contributed by atoms with Gasteiger partial charge in [-0.3, -0.25) is 0 Å². The molecule has 0 saturated heterocycles. The number of aromatic nitrogens is 1. The highest BCUT2D eigenvalue weighted by Crippen LogP contribution is 2.27. The smallest absolute Gasteiger partial charge is 0.123 e. The molecule has 2 unspecified atom stereocenters. The molecule has 0 radical (unpaired) electrons. The van der Waals surface area contributed by atoms with Crippen LogP contribution in [0.3, 0.4) is 0 Å². The van der Waals surface area contributed by atoms with Crippen LogP contribution in [0.15, 0.2) is 12.1 Å². The molecule has 1 aromatic rings. The van der Waals surface area contributed by atoms with Crippen LogP contribution in [0.25, 0.3) is 0 Å². The van der Waals surface area contributed by atoms with Gasteiger partial charge >= 0.3 is 0 Å². The molecule has 0 aliphatic heterocycles. The molecular weight excluding hydrogens is 236 g/mol. The Hall–Kier alpha value is -0.800. The van der Waals surface area contributed by atoms with Crippen LogP contribution in [0.5, 0.6) is 0 Å². The molecule has 1 heterocycles. The van der Waals surface area contributed by atoms with Gasteiger partial charge in [0.1, 0.15) is 5.82 Å². The molecule has 1 aliphatic carbocycles. The Morgan fingerprint density at radius 1 is 1.47 bits per heavy atom. The van der Waals surface area contributed by atoms with Crippen molar-refractivity contribution in [3.63, 3.8) is 0 Å². The van der Waals surface area contributed by atoms with Crippen molar-refractivity contribution >= 4 is 17.4 Å². The van der Waals surface area contributed by atoms with Gasteiger partial charge < -0.3 is 10.5 Å². The van der Waals surface area contributed by atoms with E-state index in [4.69, 9.17) is 22.1 Å². The predicted molar refractivity (Wildman–Crippen MR) is 69.9 cm³/mol. The number of pyridine rings is 1. The highest BCUT2D eigenvalue weighted by atomic mass is 35.5. The fourth-order valence-corrected chi connectivity index (χ4v) is 2.49. The number of hydrogen-bond donors (Lipinski definition) is 1. The molecular formula is C13H19ClN2O. The summed E-state index contributed by atoms with van der Waals surface area (Å²) < 4.78 is 5.87. The van der Waals surface area contributed by atoms with E-state index in [2.05, 4.69) is 11.9 Å². The lowest BCUT2D eigenvalue weighted by atomic mass is 9.89. The van der Waals surface area contributed by atoms with Gasteiger partial charge in [-0.05, 0) is 30.9 Å². The maximum Gasteiger partial charge on any atom is 0.123 e. The summed E-state index contributed by atoms with van der Waals surface area (Å²) >= 11 is 6.04. The quantitative estimate of drug-likeness (QED) is 0.899. The average molecular weight is 255 g/mol. The van der Waals surface area contributed by atoms with Gasteiger partial charge in [0, 0.05) is 0 Å². The number of nitrogens with two attached hydrogens (primary N) is 1. The number of ether oxygens (including phenoxy) is 1. The van der Waals surface area contributed by atoms with Crippen molar-refractivity contribution in [1.29, 1.82) is 0 Å². The molecule has 0 bridgehead atoms. The molecule has 94 valence electrons. The Morgan fingerprint density at radius 2 is 2.29 bits per heavy atom. The van der Waals surface area contributed by atoms with Gasteiger partial charge in [0.25, 0.3) is 0 Å². The molecule has 3 nitrogen and oxygen atoms in total. The summed E-state index contributed by atoms with van der Waals surface area (Å²) in [6.45, 7) is 2.74. The fraction of sp³-hybridized carbons (Fsp3) is 0.615. The molecule has 0 aromatic carbocycles. The number of nitrogens with zero attached hydrogens (tertiary/aromatic N) is 1. The largest absolute Gasteiger partial charge is 0.384 e. The standard InChI is InChI=1S/C13H19ClN2O/c1-9-3-2-4-10(7-9)17-8-12-11(14)5-6-13(15)16-12/h5-6,9-10H,2-4,7-8H2,1H3,(H2,15,16).